The number of hydrogen-bond acceptors (Lipinski definition) is 4. The molecular weight excluding hydrogens is 312 g/mol. The van der Waals surface area contributed by atoms with Crippen LogP contribution in [0.4, 0.5) is 11.4 Å². The number of benzene rings is 1. The first-order chi connectivity index (χ1) is 11.1. The van der Waals surface area contributed by atoms with E-state index in [0.29, 0.717) is 5.69 Å². The minimum Gasteiger partial charge on any atom is -0.322 e. The van der Waals surface area contributed by atoms with Crippen LogP contribution < -0.4 is 5.32 Å². The van der Waals surface area contributed by atoms with E-state index in [4.69, 9.17) is 0 Å². The van der Waals surface area contributed by atoms with Crippen LogP contribution in [0.15, 0.2) is 29.6 Å². The van der Waals surface area contributed by atoms with Gasteiger partial charge in [0.15, 0.2) is 0 Å². The van der Waals surface area contributed by atoms with Gasteiger partial charge in [0.05, 0.1) is 10.5 Å². The monoisotopic (exact) mass is 330 g/mol. The van der Waals surface area contributed by atoms with Crippen molar-refractivity contribution in [3.8, 4) is 0 Å². The van der Waals surface area contributed by atoms with Crippen LogP contribution in [-0.2, 0) is 12.8 Å². The fourth-order valence-corrected chi connectivity index (χ4v) is 4.18. The molecule has 1 heterocycles. The number of carbonyl (C=O) groups excluding carboxylic acids is 1. The molecule has 1 atom stereocenters. The topological polar surface area (TPSA) is 72.2 Å². The average molecular weight is 330 g/mol. The van der Waals surface area contributed by atoms with E-state index in [2.05, 4.69) is 12.2 Å². The normalized spacial score (nSPS) is 16.7. The number of anilines is 1. The molecule has 0 spiro atoms. The minimum atomic E-state index is -0.453. The number of nitrogens with one attached hydrogen (secondary N) is 1. The molecule has 0 bridgehead atoms. The second-order valence-corrected chi connectivity index (χ2v) is 6.79. The van der Waals surface area contributed by atoms with E-state index in [-0.39, 0.29) is 11.6 Å². The molecule has 1 aliphatic carbocycles. The number of non-ortho nitro benzene ring substituents is 1. The minimum absolute atomic E-state index is 0.0153. The van der Waals surface area contributed by atoms with Gasteiger partial charge in [0.1, 0.15) is 0 Å². The number of hydrogen-bond donors (Lipinski definition) is 1. The fraction of sp³-hybridized carbons (Fsp3) is 0.353. The van der Waals surface area contributed by atoms with Gasteiger partial charge in [0.25, 0.3) is 11.6 Å². The number of rotatable bonds is 4. The van der Waals surface area contributed by atoms with E-state index >= 15 is 0 Å². The van der Waals surface area contributed by atoms with Gasteiger partial charge in [0.2, 0.25) is 0 Å². The first kappa shape index (κ1) is 15.7. The predicted octanol–water partition coefficient (Wildman–Crippen LogP) is 4.42. The molecule has 3 rings (SSSR count). The Hall–Kier alpha value is -2.21. The van der Waals surface area contributed by atoms with Gasteiger partial charge >= 0.3 is 0 Å². The average Bonchev–Trinajstić information content (AvgIpc) is 2.98. The van der Waals surface area contributed by atoms with Crippen LogP contribution in [0.3, 0.4) is 0 Å². The molecule has 2 aromatic rings. The summed E-state index contributed by atoms with van der Waals surface area (Å²) in [6.07, 6.45) is 4.35. The maximum Gasteiger partial charge on any atom is 0.269 e. The first-order valence-corrected chi connectivity index (χ1v) is 8.61. The number of nitro groups is 1. The van der Waals surface area contributed by atoms with E-state index in [0.717, 1.165) is 30.7 Å². The van der Waals surface area contributed by atoms with Crippen molar-refractivity contribution >= 4 is 28.6 Å². The Morgan fingerprint density at radius 3 is 2.78 bits per heavy atom. The Labute approximate surface area is 138 Å². The number of nitro benzene ring substituents is 1. The van der Waals surface area contributed by atoms with Crippen LogP contribution in [0.25, 0.3) is 0 Å². The third-order valence-electron chi connectivity index (χ3n) is 4.42. The van der Waals surface area contributed by atoms with Crippen LogP contribution >= 0.6 is 11.3 Å². The maximum absolute atomic E-state index is 12.5. The largest absolute Gasteiger partial charge is 0.322 e. The van der Waals surface area contributed by atoms with E-state index in [1.54, 1.807) is 23.5 Å². The molecule has 0 aliphatic heterocycles. The van der Waals surface area contributed by atoms with Crippen molar-refractivity contribution < 1.29 is 9.72 Å². The Kier molecular flexibility index (Phi) is 4.43. The molecule has 1 aliphatic rings. The van der Waals surface area contributed by atoms with Gasteiger partial charge in [-0.2, -0.15) is 0 Å². The Balaban J connectivity index is 1.74. The van der Waals surface area contributed by atoms with Crippen molar-refractivity contribution in [3.05, 3.63) is 55.8 Å². The number of thiophene rings is 1. The van der Waals surface area contributed by atoms with E-state index < -0.39 is 4.92 Å². The highest BCUT2D eigenvalue weighted by Gasteiger charge is 2.24. The van der Waals surface area contributed by atoms with Crippen molar-refractivity contribution in [1.29, 1.82) is 0 Å². The van der Waals surface area contributed by atoms with Crippen LogP contribution in [0.1, 0.15) is 40.6 Å². The molecule has 1 N–H and O–H groups in total. The summed E-state index contributed by atoms with van der Waals surface area (Å²) in [4.78, 5) is 24.0. The number of fused-ring (bicyclic) bond motifs is 1. The molecule has 5 nitrogen and oxygen atoms in total. The van der Waals surface area contributed by atoms with Crippen LogP contribution in [0.2, 0.25) is 0 Å². The lowest BCUT2D eigenvalue weighted by molar-refractivity contribution is -0.384. The molecular formula is C17H18N2O3S. The standard InChI is InChI=1S/C17H18N2O3S/c1-2-11-3-8-14-15(10-23-16(14)9-11)17(20)18-12-4-6-13(7-5-12)19(21)22/h4-7,10-11H,2-3,8-9H2,1H3,(H,18,20). The SMILES string of the molecule is CCC1CCc2c(C(=O)Nc3ccc([N+](=O)[O-])cc3)csc2C1. The Bertz CT molecular complexity index is 737. The lowest BCUT2D eigenvalue weighted by atomic mass is 9.86. The van der Waals surface area contributed by atoms with E-state index in [1.807, 2.05) is 5.38 Å². The smallest absolute Gasteiger partial charge is 0.269 e. The summed E-state index contributed by atoms with van der Waals surface area (Å²) in [5, 5.41) is 15.4. The van der Waals surface area contributed by atoms with Gasteiger partial charge in [-0.15, -0.1) is 11.3 Å². The second-order valence-electron chi connectivity index (χ2n) is 5.83. The predicted molar refractivity (Wildman–Crippen MR) is 91.2 cm³/mol. The van der Waals surface area contributed by atoms with Gasteiger partial charge in [-0.25, -0.2) is 0 Å². The molecule has 1 amide bonds. The van der Waals surface area contributed by atoms with E-state index in [9.17, 15) is 14.9 Å². The Morgan fingerprint density at radius 1 is 1.39 bits per heavy atom. The van der Waals surface area contributed by atoms with Crippen molar-refractivity contribution in [2.24, 2.45) is 5.92 Å². The summed E-state index contributed by atoms with van der Waals surface area (Å²) in [7, 11) is 0. The lowest BCUT2D eigenvalue weighted by Crippen LogP contribution is -2.17. The molecule has 6 heteroatoms. The number of carbonyl (C=O) groups is 1. The van der Waals surface area contributed by atoms with E-state index in [1.165, 1.54) is 29.0 Å². The van der Waals surface area contributed by atoms with Crippen molar-refractivity contribution in [2.45, 2.75) is 32.6 Å². The molecule has 0 radical (unpaired) electrons. The highest BCUT2D eigenvalue weighted by Crippen LogP contribution is 2.34. The highest BCUT2D eigenvalue weighted by atomic mass is 32.1. The molecule has 0 saturated heterocycles. The zero-order valence-electron chi connectivity index (χ0n) is 12.9. The fourth-order valence-electron chi connectivity index (χ4n) is 2.98. The zero-order chi connectivity index (χ0) is 16.4. The molecule has 23 heavy (non-hydrogen) atoms. The molecule has 1 aromatic heterocycles. The molecule has 1 aromatic carbocycles. The maximum atomic E-state index is 12.5. The van der Waals surface area contributed by atoms with Crippen molar-refractivity contribution in [2.75, 3.05) is 5.32 Å². The number of nitrogens with zero attached hydrogens (tertiary/aromatic N) is 1. The van der Waals surface area contributed by atoms with Crippen LogP contribution in [0.5, 0.6) is 0 Å². The van der Waals surface area contributed by atoms with Gasteiger partial charge in [0, 0.05) is 28.1 Å². The van der Waals surface area contributed by atoms with Crippen LogP contribution in [-0.4, -0.2) is 10.8 Å². The summed E-state index contributed by atoms with van der Waals surface area (Å²) < 4.78 is 0. The number of amides is 1. The molecule has 0 fully saturated rings. The summed E-state index contributed by atoms with van der Waals surface area (Å²) in [6, 6.07) is 5.90. The summed E-state index contributed by atoms with van der Waals surface area (Å²) in [5.74, 6) is 0.595. The third-order valence-corrected chi connectivity index (χ3v) is 5.47. The first-order valence-electron chi connectivity index (χ1n) is 7.73. The quantitative estimate of drug-likeness (QED) is 0.666. The second kappa shape index (κ2) is 6.50. The summed E-state index contributed by atoms with van der Waals surface area (Å²) in [6.45, 7) is 2.21. The summed E-state index contributed by atoms with van der Waals surface area (Å²) in [5.41, 5.74) is 2.52. The van der Waals surface area contributed by atoms with Crippen LogP contribution in [0, 0.1) is 16.0 Å². The van der Waals surface area contributed by atoms with Gasteiger partial charge in [-0.05, 0) is 42.9 Å². The van der Waals surface area contributed by atoms with Crippen molar-refractivity contribution in [3.63, 3.8) is 0 Å². The van der Waals surface area contributed by atoms with Gasteiger partial charge < -0.3 is 5.32 Å². The Morgan fingerprint density at radius 2 is 2.13 bits per heavy atom. The van der Waals surface area contributed by atoms with Gasteiger partial charge in [-0.3, -0.25) is 14.9 Å². The summed E-state index contributed by atoms with van der Waals surface area (Å²) >= 11 is 1.67. The molecule has 0 saturated carbocycles. The third kappa shape index (κ3) is 3.27. The highest BCUT2D eigenvalue weighted by molar-refractivity contribution is 7.10. The van der Waals surface area contributed by atoms with Gasteiger partial charge in [-0.1, -0.05) is 13.3 Å². The van der Waals surface area contributed by atoms with Crippen molar-refractivity contribution in [1.82, 2.24) is 0 Å². The molecule has 1 unspecified atom stereocenters. The lowest BCUT2D eigenvalue weighted by Gasteiger charge is -2.21. The zero-order valence-corrected chi connectivity index (χ0v) is 13.7. The molecule has 120 valence electrons.